The summed E-state index contributed by atoms with van der Waals surface area (Å²) in [5.41, 5.74) is 6.60. The van der Waals surface area contributed by atoms with Crippen molar-refractivity contribution in [2.75, 3.05) is 12.5 Å². The molecule has 33 heavy (non-hydrogen) atoms. The Hall–Kier alpha value is -2.92. The highest BCUT2D eigenvalue weighted by atomic mass is 32.3. The Balaban J connectivity index is 1.71. The second-order valence-corrected chi connectivity index (χ2v) is 10.0. The van der Waals surface area contributed by atoms with Crippen LogP contribution in [0.2, 0.25) is 0 Å². The quantitative estimate of drug-likeness (QED) is 0.248. The van der Waals surface area contributed by atoms with Crippen LogP contribution in [0.15, 0.2) is 107 Å². The lowest BCUT2D eigenvalue weighted by Crippen LogP contribution is -1.98. The van der Waals surface area contributed by atoms with Gasteiger partial charge < -0.3 is 9.29 Å². The van der Waals surface area contributed by atoms with Gasteiger partial charge in [-0.25, -0.2) is 0 Å². The van der Waals surface area contributed by atoms with Gasteiger partial charge >= 0.3 is 0 Å². The van der Waals surface area contributed by atoms with E-state index in [0.717, 1.165) is 43.4 Å². The Morgan fingerprint density at radius 3 is 2.21 bits per heavy atom. The molecule has 0 aliphatic rings. The summed E-state index contributed by atoms with van der Waals surface area (Å²) in [6.45, 7) is 0.523. The third-order valence-electron chi connectivity index (χ3n) is 5.31. The van der Waals surface area contributed by atoms with E-state index in [2.05, 4.69) is 54.6 Å². The molecule has 0 aliphatic heterocycles. The van der Waals surface area contributed by atoms with Gasteiger partial charge in [0.2, 0.25) is 0 Å². The summed E-state index contributed by atoms with van der Waals surface area (Å²) in [5, 5.41) is 0. The van der Waals surface area contributed by atoms with Crippen LogP contribution in [0.5, 0.6) is 5.75 Å². The third-order valence-corrected chi connectivity index (χ3v) is 7.72. The molecule has 0 heterocycles. The molecule has 0 saturated carbocycles. The Labute approximate surface area is 203 Å². The van der Waals surface area contributed by atoms with Crippen LogP contribution in [-0.4, -0.2) is 17.1 Å². The van der Waals surface area contributed by atoms with E-state index in [0.29, 0.717) is 6.61 Å². The summed E-state index contributed by atoms with van der Waals surface area (Å²) in [4.78, 5) is 0. The fourth-order valence-corrected chi connectivity index (χ4v) is 5.11. The molecule has 0 fully saturated rings. The number of hydrogen-bond acceptors (Lipinski definition) is 3. The van der Waals surface area contributed by atoms with Crippen molar-refractivity contribution in [2.24, 2.45) is 0 Å². The molecule has 0 radical (unpaired) electrons. The first-order valence-corrected chi connectivity index (χ1v) is 13.5. The predicted molar refractivity (Wildman–Crippen MR) is 144 cm³/mol. The Morgan fingerprint density at radius 2 is 1.52 bits per heavy atom. The molecular formula is C29H26O2S2. The molecule has 0 aromatic heterocycles. The van der Waals surface area contributed by atoms with Gasteiger partial charge in [-0.05, 0) is 69.0 Å². The van der Waals surface area contributed by atoms with E-state index in [1.807, 2.05) is 60.9 Å². The topological polar surface area (TPSA) is 32.3 Å². The van der Waals surface area contributed by atoms with E-state index >= 15 is 0 Å². The highest BCUT2D eigenvalue weighted by Gasteiger charge is 2.13. The molecule has 166 valence electrons. The average Bonchev–Trinajstić information content (AvgIpc) is 2.87. The summed E-state index contributed by atoms with van der Waals surface area (Å²) in [6.07, 6.45) is 5.73. The minimum absolute atomic E-state index is 0.523. The molecule has 0 amide bonds. The Kier molecular flexibility index (Phi) is 7.95. The fraction of sp³-hybridized carbons (Fsp3) is 0.103. The first-order chi connectivity index (χ1) is 16.1. The highest BCUT2D eigenvalue weighted by Crippen LogP contribution is 2.34. The zero-order valence-corrected chi connectivity index (χ0v) is 20.4. The summed E-state index contributed by atoms with van der Waals surface area (Å²) < 4.78 is 19.2. The van der Waals surface area contributed by atoms with Crippen LogP contribution in [0.3, 0.4) is 0 Å². The first kappa shape index (κ1) is 23.2. The highest BCUT2D eigenvalue weighted by molar-refractivity contribution is 8.18. The lowest BCUT2D eigenvalue weighted by molar-refractivity contribution is 0.306. The zero-order valence-electron chi connectivity index (χ0n) is 18.7. The molecular weight excluding hydrogens is 444 g/mol. The van der Waals surface area contributed by atoms with Crippen LogP contribution >= 0.6 is 11.8 Å². The molecule has 4 heteroatoms. The van der Waals surface area contributed by atoms with Gasteiger partial charge in [0.1, 0.15) is 18.6 Å². The molecule has 0 N–H and O–H groups in total. The lowest BCUT2D eigenvalue weighted by Gasteiger charge is -2.13. The number of benzene rings is 4. The maximum Gasteiger partial charge on any atom is 0.186 e. The smallest absolute Gasteiger partial charge is 0.186 e. The molecule has 0 saturated heterocycles. The van der Waals surface area contributed by atoms with E-state index < -0.39 is 11.2 Å². The van der Waals surface area contributed by atoms with Gasteiger partial charge in [-0.1, -0.05) is 96.7 Å². The van der Waals surface area contributed by atoms with Crippen molar-refractivity contribution in [2.45, 2.75) is 6.61 Å². The molecule has 1 atom stereocenters. The second-order valence-electron chi connectivity index (χ2n) is 7.59. The number of thioether (sulfide) groups is 1. The largest absolute Gasteiger partial charge is 0.611 e. The van der Waals surface area contributed by atoms with Gasteiger partial charge in [0.25, 0.3) is 0 Å². The maximum absolute atomic E-state index is 12.3. The molecule has 1 unspecified atom stereocenters. The van der Waals surface area contributed by atoms with E-state index in [1.165, 1.54) is 11.8 Å². The monoisotopic (exact) mass is 470 g/mol. The normalized spacial score (nSPS) is 12.4. The van der Waals surface area contributed by atoms with Crippen molar-refractivity contribution in [1.82, 2.24) is 0 Å². The SMILES string of the molecule is CSC(=Cc1cc(-c2ccccc2)ccc1-c1cccc(OCc2ccccc2)c1)[S+](C)[O-]. The summed E-state index contributed by atoms with van der Waals surface area (Å²) in [6, 6.07) is 35.1. The minimum atomic E-state index is -1.05. The number of ether oxygens (including phenoxy) is 1. The van der Waals surface area contributed by atoms with Crippen LogP contribution in [-0.2, 0) is 17.8 Å². The first-order valence-electron chi connectivity index (χ1n) is 10.7. The molecule has 4 aromatic carbocycles. The molecule has 4 aromatic rings. The predicted octanol–water partition coefficient (Wildman–Crippen LogP) is 7.64. The van der Waals surface area contributed by atoms with Gasteiger partial charge in [-0.15, -0.1) is 0 Å². The van der Waals surface area contributed by atoms with Gasteiger partial charge in [-0.2, -0.15) is 0 Å². The Bertz CT molecular complexity index is 1220. The van der Waals surface area contributed by atoms with Crippen molar-refractivity contribution >= 4 is 29.0 Å². The fourth-order valence-electron chi connectivity index (χ4n) is 3.64. The van der Waals surface area contributed by atoms with Crippen molar-refractivity contribution in [3.05, 3.63) is 118 Å². The number of rotatable bonds is 8. The van der Waals surface area contributed by atoms with Gasteiger partial charge in [0.15, 0.2) is 4.24 Å². The summed E-state index contributed by atoms with van der Waals surface area (Å²) >= 11 is 0.475. The van der Waals surface area contributed by atoms with Gasteiger partial charge in [-0.3, -0.25) is 0 Å². The lowest BCUT2D eigenvalue weighted by atomic mass is 9.95. The van der Waals surface area contributed by atoms with Gasteiger partial charge in [0, 0.05) is 6.08 Å². The van der Waals surface area contributed by atoms with Crippen LogP contribution in [0, 0.1) is 0 Å². The molecule has 0 aliphatic carbocycles. The summed E-state index contributed by atoms with van der Waals surface area (Å²) in [5.74, 6) is 0.822. The van der Waals surface area contributed by atoms with Crippen LogP contribution < -0.4 is 4.74 Å². The van der Waals surface area contributed by atoms with Crippen LogP contribution in [0.4, 0.5) is 0 Å². The van der Waals surface area contributed by atoms with Crippen LogP contribution in [0.1, 0.15) is 11.1 Å². The molecule has 0 spiro atoms. The molecule has 4 rings (SSSR count). The summed E-state index contributed by atoms with van der Waals surface area (Å²) in [7, 11) is 0. The van der Waals surface area contributed by atoms with Crippen molar-refractivity contribution < 1.29 is 9.29 Å². The maximum atomic E-state index is 12.3. The standard InChI is InChI=1S/C29H26O2S2/c1-32-29(33(2)30)20-26-18-24(23-12-7-4-8-13-23)16-17-28(26)25-14-9-15-27(19-25)31-21-22-10-5-3-6-11-22/h3-20H,21H2,1-2H3. The zero-order chi connectivity index (χ0) is 23.0. The van der Waals surface area contributed by atoms with E-state index in [4.69, 9.17) is 4.74 Å². The van der Waals surface area contributed by atoms with Crippen molar-refractivity contribution in [1.29, 1.82) is 0 Å². The van der Waals surface area contributed by atoms with E-state index in [-0.39, 0.29) is 0 Å². The molecule has 0 bridgehead atoms. The Morgan fingerprint density at radius 1 is 0.818 bits per heavy atom. The number of hydrogen-bond donors (Lipinski definition) is 0. The third kappa shape index (κ3) is 6.11. The molecule has 2 nitrogen and oxygen atoms in total. The van der Waals surface area contributed by atoms with E-state index in [1.54, 1.807) is 6.26 Å². The minimum Gasteiger partial charge on any atom is -0.611 e. The van der Waals surface area contributed by atoms with Gasteiger partial charge in [0.05, 0.1) is 0 Å². The van der Waals surface area contributed by atoms with Crippen LogP contribution in [0.25, 0.3) is 28.3 Å². The van der Waals surface area contributed by atoms with Crippen molar-refractivity contribution in [3.63, 3.8) is 0 Å². The average molecular weight is 471 g/mol. The second kappa shape index (κ2) is 11.3. The van der Waals surface area contributed by atoms with E-state index in [9.17, 15) is 4.55 Å². The van der Waals surface area contributed by atoms with Crippen molar-refractivity contribution in [3.8, 4) is 28.0 Å².